The van der Waals surface area contributed by atoms with Crippen LogP contribution in [0.3, 0.4) is 0 Å². The van der Waals surface area contributed by atoms with Gasteiger partial charge in [-0.25, -0.2) is 0 Å². The van der Waals surface area contributed by atoms with Gasteiger partial charge in [-0.3, -0.25) is 4.98 Å². The molecule has 2 unspecified atom stereocenters. The van der Waals surface area contributed by atoms with Gasteiger partial charge in [-0.1, -0.05) is 12.1 Å². The van der Waals surface area contributed by atoms with Gasteiger partial charge in [0.15, 0.2) is 0 Å². The van der Waals surface area contributed by atoms with Gasteiger partial charge >= 0.3 is 0 Å². The lowest BCUT2D eigenvalue weighted by molar-refractivity contribution is 0.0106. The van der Waals surface area contributed by atoms with Gasteiger partial charge in [0.2, 0.25) is 0 Å². The molecule has 0 spiro atoms. The second-order valence-corrected chi connectivity index (χ2v) is 3.44. The molecular formula is C10H9NO. The van der Waals surface area contributed by atoms with E-state index in [9.17, 15) is 0 Å². The number of pyridine rings is 1. The molecule has 0 N–H and O–H groups in total. The third-order valence-corrected chi connectivity index (χ3v) is 2.60. The fraction of sp³-hybridized carbons (Fsp3) is 0.300. The molecule has 0 amide bonds. The maximum Gasteiger partial charge on any atom is 0.120 e. The van der Waals surface area contributed by atoms with Gasteiger partial charge in [-0.15, -0.1) is 0 Å². The maximum atomic E-state index is 5.76. The normalized spacial score (nSPS) is 35.6. The Balaban J connectivity index is 2.31. The van der Waals surface area contributed by atoms with Crippen LogP contribution in [0.4, 0.5) is 0 Å². The van der Waals surface area contributed by atoms with E-state index in [0.29, 0.717) is 0 Å². The zero-order valence-corrected chi connectivity index (χ0v) is 6.82. The standard InChI is InChI=1S/C10H9NO/c1-10-5-4-8(12-10)9-7(10)3-2-6-11-9/h2-6,8H,1H3. The summed E-state index contributed by atoms with van der Waals surface area (Å²) in [5, 5.41) is 0. The Morgan fingerprint density at radius 1 is 1.58 bits per heavy atom. The molecule has 2 heteroatoms. The van der Waals surface area contributed by atoms with E-state index in [4.69, 9.17) is 4.74 Å². The number of ether oxygens (including phenoxy) is 1. The first-order chi connectivity index (χ1) is 5.80. The molecule has 2 aliphatic rings. The lowest BCUT2D eigenvalue weighted by Gasteiger charge is -2.16. The highest BCUT2D eigenvalue weighted by molar-refractivity contribution is 5.42. The van der Waals surface area contributed by atoms with Crippen molar-refractivity contribution >= 4 is 0 Å². The Morgan fingerprint density at radius 3 is 3.33 bits per heavy atom. The van der Waals surface area contributed by atoms with Crippen LogP contribution in [0.15, 0.2) is 30.5 Å². The zero-order valence-electron chi connectivity index (χ0n) is 6.82. The fourth-order valence-electron chi connectivity index (χ4n) is 1.98. The molecule has 0 aromatic carbocycles. The fourth-order valence-corrected chi connectivity index (χ4v) is 1.98. The number of nitrogens with zero attached hydrogens (tertiary/aromatic N) is 1. The minimum absolute atomic E-state index is 0.103. The number of fused-ring (bicyclic) bond motifs is 5. The van der Waals surface area contributed by atoms with E-state index in [-0.39, 0.29) is 11.7 Å². The molecular weight excluding hydrogens is 150 g/mol. The van der Waals surface area contributed by atoms with Crippen molar-refractivity contribution in [2.75, 3.05) is 0 Å². The van der Waals surface area contributed by atoms with Gasteiger partial charge in [0, 0.05) is 11.8 Å². The smallest absolute Gasteiger partial charge is 0.120 e. The van der Waals surface area contributed by atoms with Gasteiger partial charge in [0.05, 0.1) is 5.69 Å². The van der Waals surface area contributed by atoms with E-state index in [2.05, 4.69) is 30.1 Å². The molecule has 2 bridgehead atoms. The number of rotatable bonds is 0. The van der Waals surface area contributed by atoms with Crippen LogP contribution < -0.4 is 0 Å². The van der Waals surface area contributed by atoms with Crippen molar-refractivity contribution in [3.05, 3.63) is 41.7 Å². The van der Waals surface area contributed by atoms with Gasteiger partial charge in [0.1, 0.15) is 11.7 Å². The van der Waals surface area contributed by atoms with E-state index in [1.807, 2.05) is 12.3 Å². The van der Waals surface area contributed by atoms with Crippen molar-refractivity contribution in [3.8, 4) is 0 Å². The lowest BCUT2D eigenvalue weighted by Crippen LogP contribution is -2.14. The first-order valence-electron chi connectivity index (χ1n) is 4.12. The van der Waals surface area contributed by atoms with Crippen LogP contribution in [0.5, 0.6) is 0 Å². The molecule has 60 valence electrons. The molecule has 0 radical (unpaired) electrons. The summed E-state index contributed by atoms with van der Waals surface area (Å²) in [6.07, 6.45) is 6.11. The summed E-state index contributed by atoms with van der Waals surface area (Å²) in [7, 11) is 0. The summed E-state index contributed by atoms with van der Waals surface area (Å²) in [4.78, 5) is 4.31. The molecule has 3 rings (SSSR count). The highest BCUT2D eigenvalue weighted by atomic mass is 16.5. The average Bonchev–Trinajstić information content (AvgIpc) is 2.60. The SMILES string of the molecule is CC12C=CC(O1)c1ncccc12. The van der Waals surface area contributed by atoms with Crippen molar-refractivity contribution in [2.24, 2.45) is 0 Å². The summed E-state index contributed by atoms with van der Waals surface area (Å²) in [6, 6.07) is 4.05. The summed E-state index contributed by atoms with van der Waals surface area (Å²) < 4.78 is 5.76. The third-order valence-electron chi connectivity index (χ3n) is 2.60. The van der Waals surface area contributed by atoms with Crippen LogP contribution in [0, 0.1) is 0 Å². The maximum absolute atomic E-state index is 5.76. The van der Waals surface area contributed by atoms with Gasteiger partial charge < -0.3 is 4.74 Å². The van der Waals surface area contributed by atoms with Crippen molar-refractivity contribution in [2.45, 2.75) is 18.6 Å². The van der Waals surface area contributed by atoms with Crippen LogP contribution in [0.25, 0.3) is 0 Å². The van der Waals surface area contributed by atoms with Gasteiger partial charge in [0.25, 0.3) is 0 Å². The molecule has 0 saturated carbocycles. The predicted octanol–water partition coefficient (Wildman–Crippen LogP) is 1.94. The van der Waals surface area contributed by atoms with E-state index < -0.39 is 0 Å². The first kappa shape index (κ1) is 6.38. The van der Waals surface area contributed by atoms with Crippen LogP contribution in [0.2, 0.25) is 0 Å². The summed E-state index contributed by atoms with van der Waals surface area (Å²) in [6.45, 7) is 2.08. The summed E-state index contributed by atoms with van der Waals surface area (Å²) in [5.41, 5.74) is 2.11. The van der Waals surface area contributed by atoms with Crippen molar-refractivity contribution in [3.63, 3.8) is 0 Å². The topological polar surface area (TPSA) is 22.1 Å². The van der Waals surface area contributed by atoms with Crippen LogP contribution >= 0.6 is 0 Å². The summed E-state index contributed by atoms with van der Waals surface area (Å²) in [5.74, 6) is 0. The van der Waals surface area contributed by atoms with E-state index in [0.717, 1.165) is 5.69 Å². The van der Waals surface area contributed by atoms with Gasteiger partial charge in [-0.2, -0.15) is 0 Å². The Hall–Kier alpha value is -1.15. The minimum atomic E-state index is -0.200. The second-order valence-electron chi connectivity index (χ2n) is 3.44. The molecule has 12 heavy (non-hydrogen) atoms. The quantitative estimate of drug-likeness (QED) is 0.540. The highest BCUT2D eigenvalue weighted by Crippen LogP contribution is 2.48. The molecule has 1 aromatic rings. The molecule has 2 aliphatic heterocycles. The monoisotopic (exact) mass is 159 g/mol. The van der Waals surface area contributed by atoms with E-state index >= 15 is 0 Å². The molecule has 3 heterocycles. The molecule has 2 nitrogen and oxygen atoms in total. The molecule has 2 atom stereocenters. The Kier molecular flexibility index (Phi) is 0.943. The molecule has 0 saturated heterocycles. The third kappa shape index (κ3) is 0.573. The Bertz CT molecular complexity index is 372. The second kappa shape index (κ2) is 1.77. The number of hydrogen-bond acceptors (Lipinski definition) is 2. The summed E-state index contributed by atoms with van der Waals surface area (Å²) >= 11 is 0. The Labute approximate surface area is 70.9 Å². The Morgan fingerprint density at radius 2 is 2.50 bits per heavy atom. The van der Waals surface area contributed by atoms with Crippen molar-refractivity contribution in [1.29, 1.82) is 0 Å². The molecule has 0 fully saturated rings. The minimum Gasteiger partial charge on any atom is -0.353 e. The number of aromatic nitrogens is 1. The van der Waals surface area contributed by atoms with E-state index in [1.165, 1.54) is 5.56 Å². The van der Waals surface area contributed by atoms with Crippen LogP contribution in [-0.4, -0.2) is 4.98 Å². The lowest BCUT2D eigenvalue weighted by atomic mass is 9.92. The largest absolute Gasteiger partial charge is 0.353 e. The number of hydrogen-bond donors (Lipinski definition) is 0. The van der Waals surface area contributed by atoms with Crippen LogP contribution in [0.1, 0.15) is 24.3 Å². The first-order valence-corrected chi connectivity index (χ1v) is 4.12. The van der Waals surface area contributed by atoms with Crippen molar-refractivity contribution < 1.29 is 4.74 Å². The van der Waals surface area contributed by atoms with Gasteiger partial charge in [-0.05, 0) is 19.1 Å². The zero-order chi connectivity index (χ0) is 8.18. The predicted molar refractivity (Wildman–Crippen MR) is 44.6 cm³/mol. The van der Waals surface area contributed by atoms with Crippen molar-refractivity contribution in [1.82, 2.24) is 4.98 Å². The molecule has 1 aromatic heterocycles. The highest BCUT2D eigenvalue weighted by Gasteiger charge is 2.43. The average molecular weight is 159 g/mol. The molecule has 0 aliphatic carbocycles. The van der Waals surface area contributed by atoms with E-state index in [1.54, 1.807) is 0 Å². The van der Waals surface area contributed by atoms with Crippen LogP contribution in [-0.2, 0) is 10.3 Å².